The molecule has 2 saturated carbocycles. The van der Waals surface area contributed by atoms with Gasteiger partial charge in [-0.25, -0.2) is 4.79 Å². The van der Waals surface area contributed by atoms with Gasteiger partial charge >= 0.3 is 6.09 Å². The van der Waals surface area contributed by atoms with Gasteiger partial charge in [-0.1, -0.05) is 44.1 Å². The van der Waals surface area contributed by atoms with E-state index in [1.54, 1.807) is 0 Å². The Hall–Kier alpha value is -1.58. The topological polar surface area (TPSA) is 55.4 Å². The summed E-state index contributed by atoms with van der Waals surface area (Å²) in [5.74, 6) is 0.950. The van der Waals surface area contributed by atoms with E-state index in [0.29, 0.717) is 5.92 Å². The Bertz CT molecular complexity index is 738. The van der Waals surface area contributed by atoms with Crippen molar-refractivity contribution in [2.75, 3.05) is 0 Å². The van der Waals surface area contributed by atoms with Crippen LogP contribution < -0.4 is 5.32 Å². The molecule has 0 bridgehead atoms. The average Bonchev–Trinajstić information content (AvgIpc) is 2.87. The third-order valence-electron chi connectivity index (χ3n) is 7.91. The van der Waals surface area contributed by atoms with E-state index >= 15 is 0 Å². The largest absolute Gasteiger partial charge is 0.440 e. The zero-order chi connectivity index (χ0) is 19.0. The molecule has 0 aromatic carbocycles. The number of hydrogen-bond donors (Lipinski definition) is 1. The van der Waals surface area contributed by atoms with E-state index in [1.807, 2.05) is 13.8 Å². The summed E-state index contributed by atoms with van der Waals surface area (Å²) >= 11 is 0. The minimum atomic E-state index is -0.565. The monoisotopic (exact) mass is 357 g/mol. The van der Waals surface area contributed by atoms with Gasteiger partial charge in [-0.3, -0.25) is 4.79 Å². The average molecular weight is 357 g/mol. The predicted molar refractivity (Wildman–Crippen MR) is 100 cm³/mol. The number of ketones is 1. The molecule has 4 aliphatic rings. The maximum absolute atomic E-state index is 13.8. The van der Waals surface area contributed by atoms with Crippen molar-refractivity contribution in [1.82, 2.24) is 5.32 Å². The van der Waals surface area contributed by atoms with E-state index in [0.717, 1.165) is 12.8 Å². The number of allylic oxidation sites excluding steroid dienone is 4. The summed E-state index contributed by atoms with van der Waals surface area (Å²) in [6.07, 6.45) is 6.08. The molecule has 0 aromatic rings. The molecule has 142 valence electrons. The zero-order valence-electron chi connectivity index (χ0n) is 16.8. The van der Waals surface area contributed by atoms with Crippen molar-refractivity contribution in [3.63, 3.8) is 0 Å². The van der Waals surface area contributed by atoms with E-state index in [-0.39, 0.29) is 41.6 Å². The second-order valence-electron chi connectivity index (χ2n) is 9.47. The second-order valence-corrected chi connectivity index (χ2v) is 9.47. The maximum Gasteiger partial charge on any atom is 0.408 e. The van der Waals surface area contributed by atoms with E-state index in [9.17, 15) is 9.59 Å². The minimum absolute atomic E-state index is 0.0439. The highest BCUT2D eigenvalue weighted by Gasteiger charge is 2.73. The number of Topliss-reactive ketones (excluding diaryl/α,β-unsaturated/α-hetero) is 1. The SMILES string of the molecule is CC=C(C)C1C(C)=CC2CC(C)CC34OC(=O)NC3C(C)C(=O)C1(C)C24. The number of carbonyl (C=O) groups excluding carboxylic acids is 2. The van der Waals surface area contributed by atoms with Crippen LogP contribution in [0.5, 0.6) is 0 Å². The number of ether oxygens (including phenoxy) is 1. The fourth-order valence-electron chi connectivity index (χ4n) is 7.35. The Morgan fingerprint density at radius 2 is 2.04 bits per heavy atom. The van der Waals surface area contributed by atoms with Crippen LogP contribution in [0.4, 0.5) is 4.79 Å². The van der Waals surface area contributed by atoms with Gasteiger partial charge in [0, 0.05) is 23.2 Å². The highest BCUT2D eigenvalue weighted by Crippen LogP contribution is 2.65. The van der Waals surface area contributed by atoms with Crippen molar-refractivity contribution >= 4 is 11.9 Å². The van der Waals surface area contributed by atoms with Crippen LogP contribution in [-0.4, -0.2) is 23.5 Å². The van der Waals surface area contributed by atoms with Gasteiger partial charge < -0.3 is 10.1 Å². The number of rotatable bonds is 1. The molecule has 1 heterocycles. The molecule has 1 spiro atoms. The molecule has 0 radical (unpaired) electrons. The number of carbonyl (C=O) groups is 2. The first kappa shape index (κ1) is 17.8. The maximum atomic E-state index is 13.8. The molecule has 8 unspecified atom stereocenters. The van der Waals surface area contributed by atoms with Crippen molar-refractivity contribution in [3.05, 3.63) is 23.3 Å². The summed E-state index contributed by atoms with van der Waals surface area (Å²) < 4.78 is 6.09. The van der Waals surface area contributed by atoms with Gasteiger partial charge in [0.1, 0.15) is 11.4 Å². The Labute approximate surface area is 156 Å². The van der Waals surface area contributed by atoms with Gasteiger partial charge in [0.25, 0.3) is 0 Å². The van der Waals surface area contributed by atoms with Crippen LogP contribution in [0.2, 0.25) is 0 Å². The molecule has 26 heavy (non-hydrogen) atoms. The summed E-state index contributed by atoms with van der Waals surface area (Å²) in [5.41, 5.74) is 1.45. The lowest BCUT2D eigenvalue weighted by Crippen LogP contribution is -2.71. The zero-order valence-corrected chi connectivity index (χ0v) is 16.8. The summed E-state index contributed by atoms with van der Waals surface area (Å²) in [6.45, 7) is 12.7. The molecule has 3 aliphatic carbocycles. The third kappa shape index (κ3) is 1.96. The lowest BCUT2D eigenvalue weighted by molar-refractivity contribution is -0.185. The lowest BCUT2D eigenvalue weighted by Gasteiger charge is -2.63. The van der Waals surface area contributed by atoms with Gasteiger partial charge in [0.15, 0.2) is 0 Å². The second kappa shape index (κ2) is 5.46. The molecule has 0 aromatic heterocycles. The molecular weight excluding hydrogens is 326 g/mol. The Balaban J connectivity index is 1.98. The van der Waals surface area contributed by atoms with Gasteiger partial charge in [0.2, 0.25) is 0 Å². The Morgan fingerprint density at radius 1 is 1.35 bits per heavy atom. The molecule has 3 fully saturated rings. The summed E-state index contributed by atoms with van der Waals surface area (Å²) in [4.78, 5) is 26.1. The van der Waals surface area contributed by atoms with Crippen LogP contribution in [0.25, 0.3) is 0 Å². The molecule has 4 rings (SSSR count). The highest BCUT2D eigenvalue weighted by atomic mass is 16.6. The van der Waals surface area contributed by atoms with Gasteiger partial charge in [0.05, 0.1) is 6.04 Å². The number of amides is 1. The van der Waals surface area contributed by atoms with Crippen molar-refractivity contribution in [2.45, 2.75) is 66.0 Å². The van der Waals surface area contributed by atoms with Crippen molar-refractivity contribution < 1.29 is 14.3 Å². The first-order valence-corrected chi connectivity index (χ1v) is 10.0. The molecule has 1 saturated heterocycles. The van der Waals surface area contributed by atoms with Crippen molar-refractivity contribution in [3.8, 4) is 0 Å². The van der Waals surface area contributed by atoms with Crippen LogP contribution >= 0.6 is 0 Å². The fourth-order valence-corrected chi connectivity index (χ4v) is 7.35. The molecule has 1 amide bonds. The number of hydrogen-bond acceptors (Lipinski definition) is 3. The first-order chi connectivity index (χ1) is 12.2. The summed E-state index contributed by atoms with van der Waals surface area (Å²) in [5, 5.41) is 3.00. The highest BCUT2D eigenvalue weighted by molar-refractivity contribution is 5.92. The van der Waals surface area contributed by atoms with E-state index in [4.69, 9.17) is 4.74 Å². The minimum Gasteiger partial charge on any atom is -0.440 e. The quantitative estimate of drug-likeness (QED) is 0.713. The molecule has 4 heteroatoms. The summed E-state index contributed by atoms with van der Waals surface area (Å²) in [7, 11) is 0. The lowest BCUT2D eigenvalue weighted by atomic mass is 9.41. The van der Waals surface area contributed by atoms with Crippen LogP contribution in [0, 0.1) is 35.0 Å². The first-order valence-electron chi connectivity index (χ1n) is 10.0. The molecule has 1 N–H and O–H groups in total. The van der Waals surface area contributed by atoms with Crippen LogP contribution in [0.1, 0.15) is 54.4 Å². The molecule has 1 aliphatic heterocycles. The Kier molecular flexibility index (Phi) is 3.74. The normalized spacial score (nSPS) is 50.4. The Morgan fingerprint density at radius 3 is 2.69 bits per heavy atom. The smallest absolute Gasteiger partial charge is 0.408 e. The number of alkyl carbamates (subject to hydrolysis) is 1. The van der Waals surface area contributed by atoms with E-state index < -0.39 is 11.0 Å². The summed E-state index contributed by atoms with van der Waals surface area (Å²) in [6, 6.07) is -0.204. The van der Waals surface area contributed by atoms with E-state index in [2.05, 4.69) is 45.2 Å². The van der Waals surface area contributed by atoms with Crippen LogP contribution in [0.3, 0.4) is 0 Å². The predicted octanol–water partition coefficient (Wildman–Crippen LogP) is 4.26. The number of nitrogens with one attached hydrogen (secondary N) is 1. The van der Waals surface area contributed by atoms with Gasteiger partial charge in [-0.05, 0) is 45.4 Å². The van der Waals surface area contributed by atoms with E-state index in [1.165, 1.54) is 11.1 Å². The van der Waals surface area contributed by atoms with Gasteiger partial charge in [-0.2, -0.15) is 0 Å². The molecule has 4 nitrogen and oxygen atoms in total. The molecule has 8 atom stereocenters. The fraction of sp³-hybridized carbons (Fsp3) is 0.727. The van der Waals surface area contributed by atoms with Crippen molar-refractivity contribution in [2.24, 2.45) is 35.0 Å². The van der Waals surface area contributed by atoms with Crippen LogP contribution in [0.15, 0.2) is 23.3 Å². The molecular formula is C22H31NO3. The third-order valence-corrected chi connectivity index (χ3v) is 7.91. The van der Waals surface area contributed by atoms with Crippen LogP contribution in [-0.2, 0) is 9.53 Å². The van der Waals surface area contributed by atoms with Gasteiger partial charge in [-0.15, -0.1) is 0 Å². The van der Waals surface area contributed by atoms with Crippen molar-refractivity contribution in [1.29, 1.82) is 0 Å². The standard InChI is InChI=1S/C22H31NO3/c1-7-12(3)16-13(4)9-15-8-11(2)10-22-17(15)21(16,6)19(24)14(5)18(22)23-20(25)26-22/h7,9,11,14-18H,8,10H2,1-6H3,(H,23,25).